The molecule has 0 rings (SSSR count). The molecular formula is C7H10GeSi. The Bertz CT molecular complexity index is 172. The Morgan fingerprint density at radius 3 is 2.22 bits per heavy atom. The molecule has 0 aliphatic carbocycles. The Morgan fingerprint density at radius 2 is 1.89 bits per heavy atom. The van der Waals surface area contributed by atoms with Crippen LogP contribution in [0.3, 0.4) is 0 Å². The van der Waals surface area contributed by atoms with Crippen LogP contribution in [0, 0.1) is 21.5 Å². The molecule has 0 heterocycles. The van der Waals surface area contributed by atoms with Gasteiger partial charge in [-0.1, -0.05) is 0 Å². The van der Waals surface area contributed by atoms with Crippen LogP contribution in [-0.2, 0) is 0 Å². The summed E-state index contributed by atoms with van der Waals surface area (Å²) < 4.78 is 5.69. The fourth-order valence-electron chi connectivity index (χ4n) is 0.255. The molecule has 0 amide bonds. The number of hydrogen-bond acceptors (Lipinski definition) is 0. The predicted octanol–water partition coefficient (Wildman–Crippen LogP) is 1.12. The first kappa shape index (κ1) is 8.88. The third-order valence-corrected chi connectivity index (χ3v) is 2.80. The van der Waals surface area contributed by atoms with Gasteiger partial charge in [0, 0.05) is 0 Å². The Kier molecular flexibility index (Phi) is 3.77. The third kappa shape index (κ3) is 7.88. The van der Waals surface area contributed by atoms with E-state index in [0.717, 1.165) is 0 Å². The fourth-order valence-corrected chi connectivity index (χ4v) is 3.60. The molecule has 0 bridgehead atoms. The minimum atomic E-state index is -1.12. The van der Waals surface area contributed by atoms with Crippen molar-refractivity contribution in [3.8, 4) is 21.5 Å². The molecule has 9 heavy (non-hydrogen) atoms. The molecule has 2 radical (unpaired) electrons. The van der Waals surface area contributed by atoms with Crippen molar-refractivity contribution in [2.45, 2.75) is 19.6 Å². The van der Waals surface area contributed by atoms with Gasteiger partial charge in [0.05, 0.1) is 0 Å². The summed E-state index contributed by atoms with van der Waals surface area (Å²) in [4.78, 5) is 0. The summed E-state index contributed by atoms with van der Waals surface area (Å²) in [6.07, 6.45) is 5.08. The Morgan fingerprint density at radius 1 is 1.33 bits per heavy atom. The first-order valence-corrected chi connectivity index (χ1v) is 8.39. The van der Waals surface area contributed by atoms with Crippen molar-refractivity contribution in [1.29, 1.82) is 0 Å². The minimum absolute atomic E-state index is 0.351. The monoisotopic (exact) mass is 196 g/mol. The van der Waals surface area contributed by atoms with Gasteiger partial charge in [0.25, 0.3) is 0 Å². The van der Waals surface area contributed by atoms with Gasteiger partial charge in [0.2, 0.25) is 0 Å². The van der Waals surface area contributed by atoms with E-state index in [0.29, 0.717) is 0 Å². The molecule has 0 atom stereocenters. The van der Waals surface area contributed by atoms with Crippen LogP contribution in [-0.4, -0.2) is 23.5 Å². The van der Waals surface area contributed by atoms with E-state index in [9.17, 15) is 0 Å². The Balaban J connectivity index is 3.77. The maximum atomic E-state index is 5.08. The van der Waals surface area contributed by atoms with Gasteiger partial charge in [-0.15, -0.1) is 0 Å². The molecule has 0 unspecified atom stereocenters. The van der Waals surface area contributed by atoms with E-state index < -0.39 is 8.07 Å². The van der Waals surface area contributed by atoms with Crippen molar-refractivity contribution in [1.82, 2.24) is 0 Å². The summed E-state index contributed by atoms with van der Waals surface area (Å²) >= 11 is -0.351. The Labute approximate surface area is 64.9 Å². The van der Waals surface area contributed by atoms with Gasteiger partial charge >= 0.3 is 64.6 Å². The van der Waals surface area contributed by atoms with Gasteiger partial charge in [-0.25, -0.2) is 0 Å². The molecule has 0 saturated carbocycles. The SMILES string of the molecule is C#[C][Ge][C]#C[Si](C)(C)C. The average Bonchev–Trinajstić information content (AvgIpc) is 1.63. The molecule has 0 N–H and O–H groups in total. The van der Waals surface area contributed by atoms with E-state index in [-0.39, 0.29) is 15.4 Å². The second kappa shape index (κ2) is 3.82. The van der Waals surface area contributed by atoms with Crippen molar-refractivity contribution in [3.05, 3.63) is 0 Å². The van der Waals surface area contributed by atoms with Crippen LogP contribution in [0.15, 0.2) is 0 Å². The van der Waals surface area contributed by atoms with Crippen molar-refractivity contribution >= 4 is 23.5 Å². The molecule has 0 spiro atoms. The zero-order valence-electron chi connectivity index (χ0n) is 6.08. The molecule has 46 valence electrons. The first-order chi connectivity index (χ1) is 4.06. The molecule has 0 aromatic carbocycles. The quantitative estimate of drug-likeness (QED) is 0.401. The number of hydrogen-bond donors (Lipinski definition) is 0. The van der Waals surface area contributed by atoms with Crippen LogP contribution in [0.4, 0.5) is 0 Å². The van der Waals surface area contributed by atoms with Crippen LogP contribution >= 0.6 is 0 Å². The normalized spacial score (nSPS) is 9.11. The second-order valence-corrected chi connectivity index (χ2v) is 9.17. The molecule has 0 aliphatic heterocycles. The topological polar surface area (TPSA) is 0 Å². The van der Waals surface area contributed by atoms with Crippen molar-refractivity contribution in [2.75, 3.05) is 0 Å². The summed E-state index contributed by atoms with van der Waals surface area (Å²) in [7, 11) is -1.12. The van der Waals surface area contributed by atoms with Crippen molar-refractivity contribution in [3.63, 3.8) is 0 Å². The van der Waals surface area contributed by atoms with Crippen LogP contribution < -0.4 is 0 Å². The van der Waals surface area contributed by atoms with Gasteiger partial charge in [-0.3, -0.25) is 0 Å². The molecule has 0 aromatic heterocycles. The first-order valence-electron chi connectivity index (χ1n) is 2.79. The van der Waals surface area contributed by atoms with E-state index in [1.807, 2.05) is 0 Å². The van der Waals surface area contributed by atoms with E-state index in [1.165, 1.54) is 0 Å². The summed E-state index contributed by atoms with van der Waals surface area (Å²) in [6, 6.07) is 0. The second-order valence-electron chi connectivity index (χ2n) is 2.77. The third-order valence-electron chi connectivity index (χ3n) is 0.572. The summed E-state index contributed by atoms with van der Waals surface area (Å²) in [5, 5.41) is 0. The zero-order chi connectivity index (χ0) is 7.33. The fraction of sp³-hybridized carbons (Fsp3) is 0.429. The molecular weight excluding hydrogens is 185 g/mol. The molecule has 0 aliphatic rings. The Hall–Kier alpha value is -0.120. The van der Waals surface area contributed by atoms with E-state index in [4.69, 9.17) is 6.42 Å². The molecule has 0 fully saturated rings. The standard InChI is InChI=1S/C7H10GeSi/c1-5-8-6-7-9(2,3)4/h1H,2-4H3. The summed E-state index contributed by atoms with van der Waals surface area (Å²) in [5.41, 5.74) is 3.22. The summed E-state index contributed by atoms with van der Waals surface area (Å²) in [5.74, 6) is 0. The van der Waals surface area contributed by atoms with E-state index in [2.05, 4.69) is 34.7 Å². The van der Waals surface area contributed by atoms with Crippen LogP contribution in [0.2, 0.25) is 19.6 Å². The van der Waals surface area contributed by atoms with E-state index >= 15 is 0 Å². The van der Waals surface area contributed by atoms with Crippen LogP contribution in [0.25, 0.3) is 0 Å². The van der Waals surface area contributed by atoms with Crippen molar-refractivity contribution < 1.29 is 0 Å². The summed E-state index contributed by atoms with van der Waals surface area (Å²) in [6.45, 7) is 6.67. The van der Waals surface area contributed by atoms with Gasteiger partial charge in [0.1, 0.15) is 0 Å². The van der Waals surface area contributed by atoms with Gasteiger partial charge in [-0.05, 0) is 0 Å². The zero-order valence-corrected chi connectivity index (χ0v) is 9.18. The van der Waals surface area contributed by atoms with Crippen molar-refractivity contribution in [2.24, 2.45) is 0 Å². The molecule has 0 nitrogen and oxygen atoms in total. The molecule has 0 saturated heterocycles. The maximum absolute atomic E-state index is 5.08. The van der Waals surface area contributed by atoms with Crippen LogP contribution in [0.5, 0.6) is 0 Å². The van der Waals surface area contributed by atoms with Gasteiger partial charge in [-0.2, -0.15) is 0 Å². The van der Waals surface area contributed by atoms with Gasteiger partial charge < -0.3 is 0 Å². The molecule has 0 aromatic rings. The van der Waals surface area contributed by atoms with E-state index in [1.54, 1.807) is 0 Å². The van der Waals surface area contributed by atoms with Crippen LogP contribution in [0.1, 0.15) is 0 Å². The number of terminal acetylenes is 1. The number of rotatable bonds is 0. The molecule has 2 heteroatoms. The van der Waals surface area contributed by atoms with Gasteiger partial charge in [0.15, 0.2) is 0 Å². The average molecular weight is 195 g/mol. The predicted molar refractivity (Wildman–Crippen MR) is 45.7 cm³/mol.